The minimum absolute atomic E-state index is 0.00199. The maximum absolute atomic E-state index is 12.4. The van der Waals surface area contributed by atoms with Crippen LogP contribution in [0.15, 0.2) is 0 Å². The summed E-state index contributed by atoms with van der Waals surface area (Å²) in [6.07, 6.45) is 0.293. The molecule has 4 unspecified atom stereocenters. The Morgan fingerprint density at radius 2 is 1.84 bits per heavy atom. The second kappa shape index (κ2) is 7.22. The molecule has 0 aromatic rings. The normalized spacial score (nSPS) is 28.2. The highest BCUT2D eigenvalue weighted by Gasteiger charge is 2.34. The lowest BCUT2D eigenvalue weighted by Gasteiger charge is -2.41. The van der Waals surface area contributed by atoms with E-state index in [0.717, 1.165) is 13.1 Å². The van der Waals surface area contributed by atoms with Crippen LogP contribution < -0.4 is 5.32 Å². The Morgan fingerprint density at radius 1 is 1.32 bits per heavy atom. The summed E-state index contributed by atoms with van der Waals surface area (Å²) < 4.78 is 5.71. The van der Waals surface area contributed by atoms with Crippen molar-refractivity contribution in [2.24, 2.45) is 5.92 Å². The first-order valence-electron chi connectivity index (χ1n) is 7.15. The number of hydrogen-bond acceptors (Lipinski definition) is 4. The van der Waals surface area contributed by atoms with Gasteiger partial charge < -0.3 is 15.2 Å². The average Bonchev–Trinajstić information content (AvgIpc) is 2.26. The van der Waals surface area contributed by atoms with Crippen LogP contribution in [0.1, 0.15) is 34.6 Å². The van der Waals surface area contributed by atoms with Gasteiger partial charge in [-0.3, -0.25) is 9.69 Å². The zero-order valence-electron chi connectivity index (χ0n) is 12.7. The van der Waals surface area contributed by atoms with Gasteiger partial charge in [0.1, 0.15) is 0 Å². The second-order valence-corrected chi connectivity index (χ2v) is 5.99. The third-order valence-corrected chi connectivity index (χ3v) is 3.40. The minimum Gasteiger partial charge on any atom is -0.394 e. The second-order valence-electron chi connectivity index (χ2n) is 5.99. The number of amides is 1. The topological polar surface area (TPSA) is 61.8 Å². The zero-order chi connectivity index (χ0) is 14.6. The highest BCUT2D eigenvalue weighted by Crippen LogP contribution is 2.18. The Balaban J connectivity index is 2.73. The quantitative estimate of drug-likeness (QED) is 0.770. The van der Waals surface area contributed by atoms with E-state index in [1.807, 2.05) is 13.8 Å². The lowest BCUT2D eigenvalue weighted by molar-refractivity contribution is -0.136. The fraction of sp³-hybridized carbons (Fsp3) is 0.929. The average molecular weight is 272 g/mol. The smallest absolute Gasteiger partial charge is 0.237 e. The first-order valence-corrected chi connectivity index (χ1v) is 7.15. The SMILES string of the molecule is CC(CO)NC(=O)C(C(C)C)N1CC(C)OC(C)C1. The van der Waals surface area contributed by atoms with Crippen LogP contribution >= 0.6 is 0 Å². The number of morpholine rings is 1. The molecule has 1 heterocycles. The van der Waals surface area contributed by atoms with Crippen molar-refractivity contribution < 1.29 is 14.6 Å². The van der Waals surface area contributed by atoms with Crippen molar-refractivity contribution in [3.63, 3.8) is 0 Å². The summed E-state index contributed by atoms with van der Waals surface area (Å²) in [5.74, 6) is 0.223. The van der Waals surface area contributed by atoms with Gasteiger partial charge in [-0.05, 0) is 26.7 Å². The molecule has 0 bridgehead atoms. The van der Waals surface area contributed by atoms with Gasteiger partial charge in [-0.1, -0.05) is 13.8 Å². The summed E-state index contributed by atoms with van der Waals surface area (Å²) >= 11 is 0. The molecule has 0 saturated carbocycles. The minimum atomic E-state index is -0.204. The number of aliphatic hydroxyl groups is 1. The van der Waals surface area contributed by atoms with E-state index in [4.69, 9.17) is 9.84 Å². The predicted molar refractivity (Wildman–Crippen MR) is 74.9 cm³/mol. The van der Waals surface area contributed by atoms with Crippen molar-refractivity contribution in [2.45, 2.75) is 58.9 Å². The first kappa shape index (κ1) is 16.4. The van der Waals surface area contributed by atoms with E-state index in [1.165, 1.54) is 0 Å². The van der Waals surface area contributed by atoms with Gasteiger partial charge in [-0.2, -0.15) is 0 Å². The summed E-state index contributed by atoms with van der Waals surface area (Å²) in [5, 5.41) is 11.9. The number of carbonyl (C=O) groups is 1. The molecule has 1 aliphatic rings. The highest BCUT2D eigenvalue weighted by atomic mass is 16.5. The molecular formula is C14H28N2O3. The molecule has 1 amide bonds. The first-order chi connectivity index (χ1) is 8.85. The Labute approximate surface area is 116 Å². The van der Waals surface area contributed by atoms with E-state index in [9.17, 15) is 4.79 Å². The van der Waals surface area contributed by atoms with Gasteiger partial charge in [-0.25, -0.2) is 0 Å². The van der Waals surface area contributed by atoms with E-state index in [0.29, 0.717) is 0 Å². The van der Waals surface area contributed by atoms with Crippen molar-refractivity contribution in [2.75, 3.05) is 19.7 Å². The van der Waals surface area contributed by atoms with E-state index in [2.05, 4.69) is 24.1 Å². The summed E-state index contributed by atoms with van der Waals surface area (Å²) in [6.45, 7) is 11.5. The van der Waals surface area contributed by atoms with Gasteiger partial charge in [0.15, 0.2) is 0 Å². The number of hydrogen-bond donors (Lipinski definition) is 2. The van der Waals surface area contributed by atoms with E-state index in [1.54, 1.807) is 6.92 Å². The third kappa shape index (κ3) is 4.75. The van der Waals surface area contributed by atoms with Gasteiger partial charge in [0, 0.05) is 19.1 Å². The number of carbonyl (C=O) groups excluding carboxylic acids is 1. The van der Waals surface area contributed by atoms with Crippen molar-refractivity contribution in [1.29, 1.82) is 0 Å². The molecular weight excluding hydrogens is 244 g/mol. The van der Waals surface area contributed by atoms with Crippen LogP contribution in [-0.2, 0) is 9.53 Å². The standard InChI is InChI=1S/C14H28N2O3/c1-9(2)13(14(18)15-10(3)8-17)16-6-11(4)19-12(5)7-16/h9-13,17H,6-8H2,1-5H3,(H,15,18). The summed E-state index contributed by atoms with van der Waals surface area (Å²) in [5.41, 5.74) is 0. The van der Waals surface area contributed by atoms with Gasteiger partial charge in [0.05, 0.1) is 24.9 Å². The fourth-order valence-electron chi connectivity index (χ4n) is 2.71. The molecule has 2 N–H and O–H groups in total. The maximum Gasteiger partial charge on any atom is 0.237 e. The van der Waals surface area contributed by atoms with E-state index >= 15 is 0 Å². The Kier molecular flexibility index (Phi) is 6.23. The molecule has 1 fully saturated rings. The fourth-order valence-corrected chi connectivity index (χ4v) is 2.71. The molecule has 0 aromatic carbocycles. The monoisotopic (exact) mass is 272 g/mol. The number of nitrogens with one attached hydrogen (secondary N) is 1. The zero-order valence-corrected chi connectivity index (χ0v) is 12.7. The number of rotatable bonds is 5. The molecule has 1 aliphatic heterocycles. The number of aliphatic hydroxyl groups excluding tert-OH is 1. The highest BCUT2D eigenvalue weighted by molar-refractivity contribution is 5.82. The van der Waals surface area contributed by atoms with Crippen molar-refractivity contribution in [3.05, 3.63) is 0 Å². The lowest BCUT2D eigenvalue weighted by Crippen LogP contribution is -2.58. The largest absolute Gasteiger partial charge is 0.394 e. The number of ether oxygens (including phenoxy) is 1. The van der Waals surface area contributed by atoms with Crippen LogP contribution in [0.5, 0.6) is 0 Å². The van der Waals surface area contributed by atoms with Gasteiger partial charge in [-0.15, -0.1) is 0 Å². The third-order valence-electron chi connectivity index (χ3n) is 3.40. The lowest BCUT2D eigenvalue weighted by atomic mass is 9.99. The molecule has 112 valence electrons. The number of nitrogens with zero attached hydrogens (tertiary/aromatic N) is 1. The predicted octanol–water partition coefficient (Wildman–Crippen LogP) is 0.617. The molecule has 0 spiro atoms. The molecule has 5 heteroatoms. The van der Waals surface area contributed by atoms with Crippen molar-refractivity contribution in [1.82, 2.24) is 10.2 Å². The van der Waals surface area contributed by atoms with Crippen LogP contribution in [0.25, 0.3) is 0 Å². The van der Waals surface area contributed by atoms with Crippen LogP contribution in [-0.4, -0.2) is 59.9 Å². The van der Waals surface area contributed by atoms with Gasteiger partial charge in [0.25, 0.3) is 0 Å². The Bertz CT molecular complexity index is 286. The molecule has 1 saturated heterocycles. The van der Waals surface area contributed by atoms with E-state index in [-0.39, 0.29) is 42.7 Å². The molecule has 0 aliphatic carbocycles. The Hall–Kier alpha value is -0.650. The molecule has 0 radical (unpaired) electrons. The van der Waals surface area contributed by atoms with Crippen LogP contribution in [0.3, 0.4) is 0 Å². The van der Waals surface area contributed by atoms with Crippen molar-refractivity contribution >= 4 is 5.91 Å². The molecule has 1 rings (SSSR count). The molecule has 4 atom stereocenters. The van der Waals surface area contributed by atoms with Gasteiger partial charge in [0.2, 0.25) is 5.91 Å². The van der Waals surface area contributed by atoms with Crippen LogP contribution in [0.4, 0.5) is 0 Å². The Morgan fingerprint density at radius 3 is 2.26 bits per heavy atom. The molecule has 19 heavy (non-hydrogen) atoms. The van der Waals surface area contributed by atoms with Crippen LogP contribution in [0, 0.1) is 5.92 Å². The summed E-state index contributed by atoms with van der Waals surface area (Å²) in [6, 6.07) is -0.368. The summed E-state index contributed by atoms with van der Waals surface area (Å²) in [7, 11) is 0. The van der Waals surface area contributed by atoms with Gasteiger partial charge >= 0.3 is 0 Å². The molecule has 0 aromatic heterocycles. The summed E-state index contributed by atoms with van der Waals surface area (Å²) in [4.78, 5) is 14.6. The van der Waals surface area contributed by atoms with Crippen molar-refractivity contribution in [3.8, 4) is 0 Å². The van der Waals surface area contributed by atoms with E-state index < -0.39 is 0 Å². The maximum atomic E-state index is 12.4. The van der Waals surface area contributed by atoms with Crippen LogP contribution in [0.2, 0.25) is 0 Å². The molecule has 5 nitrogen and oxygen atoms in total.